The van der Waals surface area contributed by atoms with E-state index in [9.17, 15) is 9.59 Å². The van der Waals surface area contributed by atoms with E-state index >= 15 is 0 Å². The molecule has 0 radical (unpaired) electrons. The molecule has 4 N–H and O–H groups in total. The summed E-state index contributed by atoms with van der Waals surface area (Å²) in [5.74, 6) is -1.54. The lowest BCUT2D eigenvalue weighted by Gasteiger charge is -2.21. The van der Waals surface area contributed by atoms with Crippen LogP contribution in [0.5, 0.6) is 0 Å². The molecule has 1 heterocycles. The zero-order valence-corrected chi connectivity index (χ0v) is 11.1. The number of nitrogens with zero attached hydrogens (tertiary/aromatic N) is 2. The predicted octanol–water partition coefficient (Wildman–Crippen LogP) is -0.199. The highest BCUT2D eigenvalue weighted by atomic mass is 16.4. The molecule has 0 fully saturated rings. The molecule has 106 valence electrons. The van der Waals surface area contributed by atoms with Gasteiger partial charge in [-0.2, -0.15) is 0 Å². The molecule has 1 rings (SSSR count). The first kappa shape index (κ1) is 15.3. The number of nitrogens with two attached hydrogens (primary N) is 1. The Hall–Kier alpha value is -1.76. The molecule has 0 aromatic heterocycles. The van der Waals surface area contributed by atoms with Crippen molar-refractivity contribution >= 4 is 24.4 Å². The zero-order valence-electron chi connectivity index (χ0n) is 11.1. The fraction of sp³-hybridized carbons (Fsp3) is 0.667. The number of hydrogen-bond donors (Lipinski definition) is 3. The van der Waals surface area contributed by atoms with Crippen LogP contribution >= 0.6 is 0 Å². The van der Waals surface area contributed by atoms with Gasteiger partial charge in [-0.1, -0.05) is 20.3 Å². The van der Waals surface area contributed by atoms with Crippen molar-refractivity contribution in [3.05, 3.63) is 0 Å². The second kappa shape index (κ2) is 6.98. The van der Waals surface area contributed by atoms with Crippen molar-refractivity contribution < 1.29 is 14.7 Å². The van der Waals surface area contributed by atoms with Crippen LogP contribution in [0.4, 0.5) is 0 Å². The molecule has 1 aliphatic rings. The minimum Gasteiger partial charge on any atom is -0.480 e. The van der Waals surface area contributed by atoms with Crippen LogP contribution < -0.4 is 11.1 Å². The lowest BCUT2D eigenvalue weighted by Crippen LogP contribution is -2.51. The second-order valence-electron chi connectivity index (χ2n) is 4.68. The van der Waals surface area contributed by atoms with Crippen molar-refractivity contribution in [1.29, 1.82) is 0 Å². The van der Waals surface area contributed by atoms with Crippen LogP contribution in [0.3, 0.4) is 0 Å². The molecule has 19 heavy (non-hydrogen) atoms. The van der Waals surface area contributed by atoms with Gasteiger partial charge in [0.2, 0.25) is 5.91 Å². The van der Waals surface area contributed by atoms with Crippen molar-refractivity contribution in [2.24, 2.45) is 21.6 Å². The number of rotatable bonds is 7. The number of hydrogen-bond acceptors (Lipinski definition) is 5. The molecule has 0 aromatic carbocycles. The molecular weight excluding hydrogens is 248 g/mol. The van der Waals surface area contributed by atoms with Gasteiger partial charge in [0.1, 0.15) is 12.4 Å². The lowest BCUT2D eigenvalue weighted by atomic mass is 9.98. The molecule has 0 aliphatic carbocycles. The third kappa shape index (κ3) is 4.44. The van der Waals surface area contributed by atoms with Crippen LogP contribution in [-0.4, -0.2) is 47.7 Å². The first-order valence-corrected chi connectivity index (χ1v) is 6.29. The second-order valence-corrected chi connectivity index (χ2v) is 4.68. The first-order chi connectivity index (χ1) is 8.95. The lowest BCUT2D eigenvalue weighted by molar-refractivity contribution is -0.142. The van der Waals surface area contributed by atoms with Crippen LogP contribution in [0.1, 0.15) is 26.7 Å². The monoisotopic (exact) mass is 268 g/mol. The minimum absolute atomic E-state index is 0.000471. The summed E-state index contributed by atoms with van der Waals surface area (Å²) >= 11 is 0. The van der Waals surface area contributed by atoms with Crippen molar-refractivity contribution in [3.63, 3.8) is 0 Å². The largest absolute Gasteiger partial charge is 0.480 e. The van der Waals surface area contributed by atoms with Crippen molar-refractivity contribution in [3.8, 4) is 0 Å². The summed E-state index contributed by atoms with van der Waals surface area (Å²) in [6.45, 7) is 3.78. The summed E-state index contributed by atoms with van der Waals surface area (Å²) in [4.78, 5) is 30.7. The Bertz CT molecular complexity index is 382. The Labute approximate surface area is 112 Å². The summed E-state index contributed by atoms with van der Waals surface area (Å²) in [5, 5.41) is 11.6. The summed E-state index contributed by atoms with van der Waals surface area (Å²) in [7, 11) is 0. The van der Waals surface area contributed by atoms with Gasteiger partial charge in [-0.15, -0.1) is 0 Å². The average Bonchev–Trinajstić information content (AvgIpc) is 2.88. The zero-order chi connectivity index (χ0) is 14.4. The topological polar surface area (TPSA) is 117 Å². The molecule has 1 aliphatic heterocycles. The maximum Gasteiger partial charge on any atom is 0.326 e. The Morgan fingerprint density at radius 2 is 2.21 bits per heavy atom. The Morgan fingerprint density at radius 1 is 1.53 bits per heavy atom. The van der Waals surface area contributed by atoms with Crippen LogP contribution in [0.25, 0.3) is 0 Å². The van der Waals surface area contributed by atoms with Gasteiger partial charge >= 0.3 is 5.97 Å². The molecule has 7 heteroatoms. The molecule has 0 spiro atoms. The molecule has 1 unspecified atom stereocenters. The highest BCUT2D eigenvalue weighted by molar-refractivity contribution is 5.88. The number of aliphatic imine (C=N–C) groups is 2. The summed E-state index contributed by atoms with van der Waals surface area (Å²) in [5.41, 5.74) is 5.77. The fourth-order valence-electron chi connectivity index (χ4n) is 1.67. The smallest absolute Gasteiger partial charge is 0.326 e. The molecule has 0 bridgehead atoms. The molecule has 7 nitrogen and oxygen atoms in total. The van der Waals surface area contributed by atoms with Gasteiger partial charge in [0.25, 0.3) is 0 Å². The summed E-state index contributed by atoms with van der Waals surface area (Å²) < 4.78 is 0. The number of carboxylic acid groups (broad SMARTS) is 1. The SMILES string of the molecule is CC[C@H](C)[C@H](N)C(=O)N[C@@H](CC1C=NC=N1)C(=O)O. The number of amides is 1. The number of carbonyl (C=O) groups is 2. The highest BCUT2D eigenvalue weighted by Gasteiger charge is 2.27. The Kier molecular flexibility index (Phi) is 5.62. The summed E-state index contributed by atoms with van der Waals surface area (Å²) in [6.07, 6.45) is 3.85. The standard InChI is InChI=1S/C12H20N4O3/c1-3-7(2)10(13)11(17)16-9(12(18)19)4-8-5-14-6-15-8/h5-10H,3-4,13H2,1-2H3,(H,16,17)(H,18,19)/t7-,8?,9-,10-/m0/s1. The van der Waals surface area contributed by atoms with Crippen molar-refractivity contribution in [2.75, 3.05) is 0 Å². The Balaban J connectivity index is 2.58. The minimum atomic E-state index is -1.10. The van der Waals surface area contributed by atoms with E-state index < -0.39 is 24.0 Å². The van der Waals surface area contributed by atoms with E-state index in [0.29, 0.717) is 0 Å². The number of aliphatic carboxylic acids is 1. The third-order valence-electron chi connectivity index (χ3n) is 3.23. The molecule has 0 aromatic rings. The van der Waals surface area contributed by atoms with Crippen LogP contribution in [0.15, 0.2) is 9.98 Å². The van der Waals surface area contributed by atoms with E-state index in [0.717, 1.165) is 6.42 Å². The molecule has 0 saturated carbocycles. The van der Waals surface area contributed by atoms with Gasteiger partial charge < -0.3 is 16.2 Å². The van der Waals surface area contributed by atoms with Crippen LogP contribution in [0.2, 0.25) is 0 Å². The van der Waals surface area contributed by atoms with Gasteiger partial charge in [0.15, 0.2) is 0 Å². The van der Waals surface area contributed by atoms with E-state index in [2.05, 4.69) is 15.3 Å². The van der Waals surface area contributed by atoms with Gasteiger partial charge in [-0.25, -0.2) is 9.79 Å². The van der Waals surface area contributed by atoms with E-state index in [4.69, 9.17) is 10.8 Å². The third-order valence-corrected chi connectivity index (χ3v) is 3.23. The predicted molar refractivity (Wildman–Crippen MR) is 72.4 cm³/mol. The summed E-state index contributed by atoms with van der Waals surface area (Å²) in [6, 6.07) is -2.01. The maximum absolute atomic E-state index is 11.9. The number of nitrogens with one attached hydrogen (secondary N) is 1. The van der Waals surface area contributed by atoms with Gasteiger partial charge in [0.05, 0.1) is 12.1 Å². The van der Waals surface area contributed by atoms with Gasteiger partial charge in [-0.05, 0) is 5.92 Å². The maximum atomic E-state index is 11.9. The first-order valence-electron chi connectivity index (χ1n) is 6.29. The van der Waals surface area contributed by atoms with Crippen molar-refractivity contribution in [2.45, 2.75) is 44.8 Å². The van der Waals surface area contributed by atoms with E-state index in [1.165, 1.54) is 6.34 Å². The van der Waals surface area contributed by atoms with Crippen molar-refractivity contribution in [1.82, 2.24) is 5.32 Å². The molecule has 4 atom stereocenters. The molecule has 1 amide bonds. The number of carboxylic acids is 1. The highest BCUT2D eigenvalue weighted by Crippen LogP contribution is 2.08. The van der Waals surface area contributed by atoms with Gasteiger partial charge in [0, 0.05) is 12.6 Å². The normalized spacial score (nSPS) is 21.9. The van der Waals surface area contributed by atoms with E-state index in [-0.39, 0.29) is 18.4 Å². The molecule has 0 saturated heterocycles. The quantitative estimate of drug-likeness (QED) is 0.592. The molecular formula is C12H20N4O3. The Morgan fingerprint density at radius 3 is 2.68 bits per heavy atom. The van der Waals surface area contributed by atoms with E-state index in [1.807, 2.05) is 13.8 Å². The van der Waals surface area contributed by atoms with Gasteiger partial charge in [-0.3, -0.25) is 9.79 Å². The number of carbonyl (C=O) groups excluding carboxylic acids is 1. The van der Waals surface area contributed by atoms with Crippen LogP contribution in [0, 0.1) is 5.92 Å². The average molecular weight is 268 g/mol. The fourth-order valence-corrected chi connectivity index (χ4v) is 1.67. The van der Waals surface area contributed by atoms with E-state index in [1.54, 1.807) is 6.21 Å². The van der Waals surface area contributed by atoms with Crippen LogP contribution in [-0.2, 0) is 9.59 Å².